The second kappa shape index (κ2) is 9.12. The number of halogens is 1. The SMILES string of the molecule is Cc1c(N2CCCC2)nc2ccc(Br)cc2c1C(=O)NC12CCC(C(=O)O)(CC1)C[C@H]2c1ccccc1. The van der Waals surface area contributed by atoms with Crippen molar-refractivity contribution in [2.45, 2.75) is 63.3 Å². The van der Waals surface area contributed by atoms with Crippen molar-refractivity contribution in [2.24, 2.45) is 5.41 Å². The molecule has 1 aliphatic heterocycles. The van der Waals surface area contributed by atoms with Gasteiger partial charge in [-0.1, -0.05) is 46.3 Å². The third-order valence-electron chi connectivity index (χ3n) is 9.18. The van der Waals surface area contributed by atoms with E-state index in [1.54, 1.807) is 0 Å². The first kappa shape index (κ1) is 24.4. The van der Waals surface area contributed by atoms with Crippen LogP contribution in [-0.2, 0) is 4.79 Å². The van der Waals surface area contributed by atoms with Gasteiger partial charge in [-0.05, 0) is 75.6 Å². The number of rotatable bonds is 5. The van der Waals surface area contributed by atoms with E-state index in [4.69, 9.17) is 4.98 Å². The molecule has 2 N–H and O–H groups in total. The molecular formula is C30H32BrN3O3. The fraction of sp³-hybridized carbons (Fsp3) is 0.433. The Balaban J connectivity index is 1.44. The zero-order chi connectivity index (χ0) is 25.8. The Morgan fingerprint density at radius 3 is 2.43 bits per heavy atom. The van der Waals surface area contributed by atoms with E-state index in [0.717, 1.165) is 58.3 Å². The molecule has 6 nitrogen and oxygen atoms in total. The molecule has 7 rings (SSSR count). The summed E-state index contributed by atoms with van der Waals surface area (Å²) in [5.74, 6) is 0.0550. The van der Waals surface area contributed by atoms with E-state index in [0.29, 0.717) is 37.7 Å². The molecule has 3 saturated carbocycles. The first-order valence-electron chi connectivity index (χ1n) is 13.3. The van der Waals surface area contributed by atoms with Gasteiger partial charge in [0.05, 0.1) is 16.5 Å². The molecule has 0 spiro atoms. The Morgan fingerprint density at radius 1 is 1.05 bits per heavy atom. The zero-order valence-electron chi connectivity index (χ0n) is 21.1. The molecule has 4 aliphatic rings. The van der Waals surface area contributed by atoms with Gasteiger partial charge in [0.15, 0.2) is 0 Å². The van der Waals surface area contributed by atoms with Crippen molar-refractivity contribution in [1.82, 2.24) is 10.3 Å². The lowest BCUT2D eigenvalue weighted by Gasteiger charge is -2.56. The second-order valence-electron chi connectivity index (χ2n) is 11.2. The van der Waals surface area contributed by atoms with Crippen molar-refractivity contribution in [3.63, 3.8) is 0 Å². The summed E-state index contributed by atoms with van der Waals surface area (Å²) in [6.45, 7) is 3.92. The third kappa shape index (κ3) is 4.02. The predicted molar refractivity (Wildman–Crippen MR) is 148 cm³/mol. The van der Waals surface area contributed by atoms with Gasteiger partial charge in [0, 0.05) is 40.0 Å². The lowest BCUT2D eigenvalue weighted by atomic mass is 9.51. The number of carbonyl (C=O) groups is 2. The number of aromatic nitrogens is 1. The topological polar surface area (TPSA) is 82.5 Å². The van der Waals surface area contributed by atoms with Crippen molar-refractivity contribution in [2.75, 3.05) is 18.0 Å². The van der Waals surface area contributed by atoms with Crippen LogP contribution in [0.2, 0.25) is 0 Å². The maximum atomic E-state index is 14.3. The minimum atomic E-state index is -0.708. The fourth-order valence-electron chi connectivity index (χ4n) is 7.08. The number of carboxylic acid groups (broad SMARTS) is 1. The van der Waals surface area contributed by atoms with Crippen molar-refractivity contribution in [1.29, 1.82) is 0 Å². The van der Waals surface area contributed by atoms with Crippen LogP contribution in [0.25, 0.3) is 10.9 Å². The summed E-state index contributed by atoms with van der Waals surface area (Å²) in [5.41, 5.74) is 2.32. The maximum Gasteiger partial charge on any atom is 0.309 e. The van der Waals surface area contributed by atoms with Gasteiger partial charge in [0.1, 0.15) is 5.82 Å². The van der Waals surface area contributed by atoms with E-state index in [1.165, 1.54) is 0 Å². The standard InChI is InChI=1S/C30H32BrN3O3/c1-19-25(22-17-21(31)9-10-24(22)32-26(19)34-15-5-6-16-34)27(35)33-30-13-11-29(12-14-30,28(36)37)18-23(30)20-7-3-2-4-8-20/h2-4,7-10,17,23H,5-6,11-16,18H2,1H3,(H,33,35)(H,36,37)/t23-,29?,30?/m0/s1. The van der Waals surface area contributed by atoms with Gasteiger partial charge in [0.2, 0.25) is 0 Å². The van der Waals surface area contributed by atoms with E-state index < -0.39 is 16.9 Å². The molecule has 2 aromatic carbocycles. The Morgan fingerprint density at radius 2 is 1.76 bits per heavy atom. The molecule has 1 aromatic heterocycles. The number of nitrogens with one attached hydrogen (secondary N) is 1. The van der Waals surface area contributed by atoms with Crippen LogP contribution in [0, 0.1) is 12.3 Å². The van der Waals surface area contributed by atoms with Gasteiger partial charge in [0.25, 0.3) is 5.91 Å². The number of benzene rings is 2. The summed E-state index contributed by atoms with van der Waals surface area (Å²) < 4.78 is 0.908. The van der Waals surface area contributed by atoms with Crippen LogP contribution in [0.15, 0.2) is 53.0 Å². The number of hydrogen-bond acceptors (Lipinski definition) is 4. The number of anilines is 1. The van der Waals surface area contributed by atoms with E-state index in [2.05, 4.69) is 38.3 Å². The van der Waals surface area contributed by atoms with Crippen LogP contribution < -0.4 is 10.2 Å². The Labute approximate surface area is 225 Å². The molecule has 4 fully saturated rings. The van der Waals surface area contributed by atoms with E-state index in [-0.39, 0.29) is 11.8 Å². The van der Waals surface area contributed by atoms with Crippen molar-refractivity contribution in [3.05, 3.63) is 69.7 Å². The molecule has 3 aromatic rings. The number of amides is 1. The molecular weight excluding hydrogens is 530 g/mol. The summed E-state index contributed by atoms with van der Waals surface area (Å²) in [6.07, 6.45) is 5.32. The van der Waals surface area contributed by atoms with E-state index in [1.807, 2.05) is 43.3 Å². The third-order valence-corrected chi connectivity index (χ3v) is 9.67. The normalized spacial score (nSPS) is 27.0. The number of hydrogen-bond donors (Lipinski definition) is 2. The molecule has 0 radical (unpaired) electrons. The molecule has 7 heteroatoms. The summed E-state index contributed by atoms with van der Waals surface area (Å²) >= 11 is 3.59. The molecule has 1 saturated heterocycles. The van der Waals surface area contributed by atoms with Crippen LogP contribution in [-0.4, -0.2) is 40.6 Å². The summed E-state index contributed by atoms with van der Waals surface area (Å²) in [6, 6.07) is 16.1. The number of nitrogens with zero attached hydrogens (tertiary/aromatic N) is 2. The maximum absolute atomic E-state index is 14.3. The van der Waals surface area contributed by atoms with Crippen LogP contribution in [0.3, 0.4) is 0 Å². The van der Waals surface area contributed by atoms with Crippen LogP contribution in [0.5, 0.6) is 0 Å². The molecule has 1 amide bonds. The number of carboxylic acids is 1. The number of carbonyl (C=O) groups excluding carboxylic acids is 1. The lowest BCUT2D eigenvalue weighted by molar-refractivity contribution is -0.157. The van der Waals surface area contributed by atoms with Crippen LogP contribution in [0.1, 0.15) is 72.3 Å². The minimum Gasteiger partial charge on any atom is -0.481 e. The van der Waals surface area contributed by atoms with E-state index in [9.17, 15) is 14.7 Å². The lowest BCUT2D eigenvalue weighted by Crippen LogP contribution is -2.62. The molecule has 3 aliphatic carbocycles. The van der Waals surface area contributed by atoms with Gasteiger partial charge in [-0.2, -0.15) is 0 Å². The monoisotopic (exact) mass is 561 g/mol. The molecule has 0 unspecified atom stereocenters. The van der Waals surface area contributed by atoms with Gasteiger partial charge in [-0.25, -0.2) is 4.98 Å². The summed E-state index contributed by atoms with van der Waals surface area (Å²) in [5, 5.41) is 14.5. The highest BCUT2D eigenvalue weighted by Gasteiger charge is 2.58. The van der Waals surface area contributed by atoms with Gasteiger partial charge in [-0.3, -0.25) is 9.59 Å². The first-order chi connectivity index (χ1) is 17.8. The average molecular weight is 563 g/mol. The highest BCUT2D eigenvalue weighted by Crippen LogP contribution is 2.58. The predicted octanol–water partition coefficient (Wildman–Crippen LogP) is 6.21. The van der Waals surface area contributed by atoms with Crippen LogP contribution in [0.4, 0.5) is 5.82 Å². The van der Waals surface area contributed by atoms with Gasteiger partial charge in [-0.15, -0.1) is 0 Å². The number of fused-ring (bicyclic) bond motifs is 4. The van der Waals surface area contributed by atoms with Crippen molar-refractivity contribution >= 4 is 44.5 Å². The minimum absolute atomic E-state index is 0.0468. The molecule has 37 heavy (non-hydrogen) atoms. The Bertz CT molecular complexity index is 1380. The van der Waals surface area contributed by atoms with Gasteiger partial charge >= 0.3 is 5.97 Å². The van der Waals surface area contributed by atoms with Crippen molar-refractivity contribution < 1.29 is 14.7 Å². The van der Waals surface area contributed by atoms with Crippen LogP contribution >= 0.6 is 15.9 Å². The van der Waals surface area contributed by atoms with E-state index >= 15 is 0 Å². The second-order valence-corrected chi connectivity index (χ2v) is 12.1. The fourth-order valence-corrected chi connectivity index (χ4v) is 7.45. The highest BCUT2D eigenvalue weighted by atomic mass is 79.9. The number of aliphatic carboxylic acids is 1. The molecule has 2 bridgehead atoms. The Kier molecular flexibility index (Phi) is 6.02. The largest absolute Gasteiger partial charge is 0.481 e. The molecule has 192 valence electrons. The molecule has 1 atom stereocenters. The number of pyridine rings is 1. The quantitative estimate of drug-likeness (QED) is 0.387. The Hall–Kier alpha value is -2.93. The molecule has 2 heterocycles. The highest BCUT2D eigenvalue weighted by molar-refractivity contribution is 9.10. The first-order valence-corrected chi connectivity index (χ1v) is 14.1. The zero-order valence-corrected chi connectivity index (χ0v) is 22.7. The summed E-state index contributed by atoms with van der Waals surface area (Å²) in [7, 11) is 0. The van der Waals surface area contributed by atoms with Gasteiger partial charge < -0.3 is 15.3 Å². The summed E-state index contributed by atoms with van der Waals surface area (Å²) in [4.78, 5) is 33.9. The van der Waals surface area contributed by atoms with Crippen molar-refractivity contribution in [3.8, 4) is 0 Å². The average Bonchev–Trinajstić information content (AvgIpc) is 3.44. The smallest absolute Gasteiger partial charge is 0.309 e.